The smallest absolute Gasteiger partial charge is 0.347 e. The van der Waals surface area contributed by atoms with Crippen LogP contribution in [0, 0.1) is 29.1 Å². The van der Waals surface area contributed by atoms with Gasteiger partial charge >= 0.3 is 11.4 Å². The van der Waals surface area contributed by atoms with Gasteiger partial charge in [0.05, 0.1) is 44.9 Å². The van der Waals surface area contributed by atoms with Gasteiger partial charge in [0.2, 0.25) is 5.82 Å². The quantitative estimate of drug-likeness (QED) is 0.0603. The number of aryl methyl sites for hydroxylation is 2. The number of alkyl halides is 2. The van der Waals surface area contributed by atoms with Crippen molar-refractivity contribution in [1.29, 1.82) is 0 Å². The molecule has 2 aromatic heterocycles. The molecular weight excluding hydrogens is 850 g/mol. The van der Waals surface area contributed by atoms with E-state index in [-0.39, 0.29) is 40.4 Å². The standard InChI is InChI=1S/C38H29Cl2F5N6O9/c1-47-19-13-23(60-4)22(59-3)12-18(19)46-17(32(47)53)9-10-48-35(56)49-11-8-15-20(51(49)36(48)57)14-37(39)33(54)50(30-28(44)26(42)25(41)27(43)29(30)45)34(55)38(37,40)24(15)16-6-5-7-21(58-2)31(16)52/h5-8,12-13,20,24,52H,9-11,14H2,1-4H3. The molecule has 22 heteroatoms. The van der Waals surface area contributed by atoms with Gasteiger partial charge in [0.15, 0.2) is 56.0 Å². The Morgan fingerprint density at radius 2 is 1.47 bits per heavy atom. The maximum absolute atomic E-state index is 15.3. The lowest BCUT2D eigenvalue weighted by Gasteiger charge is -2.49. The number of allylic oxidation sites excluding steroid dienone is 2. The fourth-order valence-corrected chi connectivity index (χ4v) is 9.35. The number of methoxy groups -OCH3 is 3. The van der Waals surface area contributed by atoms with Crippen molar-refractivity contribution >= 4 is 51.7 Å². The third-order valence-electron chi connectivity index (χ3n) is 11.4. The first-order chi connectivity index (χ1) is 28.4. The first kappa shape index (κ1) is 40.6. The van der Waals surface area contributed by atoms with E-state index in [9.17, 15) is 42.3 Å². The van der Waals surface area contributed by atoms with E-state index in [4.69, 9.17) is 37.4 Å². The third-order valence-corrected chi connectivity index (χ3v) is 12.8. The molecule has 4 unspecified atom stereocenters. The first-order valence-electron chi connectivity index (χ1n) is 17.8. The molecule has 1 aliphatic carbocycles. The SMILES string of the molecule is COc1cc2nc(CCn3c(=O)n4n(c3=O)C3CC5(Cl)C(=O)N(c6c(F)c(F)c(F)c(F)c6F)C(=O)C5(Cl)C(c5cccc(OC)c5O)C3=CC4)c(=O)n(C)c2cc1OC. The van der Waals surface area contributed by atoms with Crippen LogP contribution in [0.5, 0.6) is 23.0 Å². The topological polar surface area (TPSA) is 169 Å². The molecule has 15 nitrogen and oxygen atoms in total. The van der Waals surface area contributed by atoms with E-state index in [0.29, 0.717) is 22.5 Å². The van der Waals surface area contributed by atoms with Crippen molar-refractivity contribution in [3.8, 4) is 23.0 Å². The van der Waals surface area contributed by atoms with E-state index in [2.05, 4.69) is 4.98 Å². The minimum atomic E-state index is -2.89. The highest BCUT2D eigenvalue weighted by Crippen LogP contribution is 2.65. The Balaban J connectivity index is 1.27. The zero-order valence-corrected chi connectivity index (χ0v) is 33.0. The number of halogens is 7. The summed E-state index contributed by atoms with van der Waals surface area (Å²) in [5.74, 6) is -18.0. The summed E-state index contributed by atoms with van der Waals surface area (Å²) in [4.78, 5) is 69.0. The summed E-state index contributed by atoms with van der Waals surface area (Å²) in [5.41, 5.74) is -3.91. The van der Waals surface area contributed by atoms with Gasteiger partial charge in [-0.25, -0.2) is 55.4 Å². The van der Waals surface area contributed by atoms with Crippen molar-refractivity contribution in [3.05, 3.63) is 114 Å². The highest BCUT2D eigenvalue weighted by atomic mass is 35.5. The molecule has 2 amide bonds. The number of phenolic OH excluding ortho intramolecular Hbond substituents is 1. The fraction of sp³-hybridized carbons (Fsp3) is 0.316. The normalized spacial score (nSPS) is 22.1. The van der Waals surface area contributed by atoms with Gasteiger partial charge in [-0.3, -0.25) is 14.4 Å². The van der Waals surface area contributed by atoms with Crippen LogP contribution in [-0.2, 0) is 36.1 Å². The average Bonchev–Trinajstić information content (AvgIpc) is 3.56. The number of phenols is 1. The molecule has 8 rings (SSSR count). The minimum absolute atomic E-state index is 0.0129. The van der Waals surface area contributed by atoms with Crippen molar-refractivity contribution in [2.75, 3.05) is 26.2 Å². The number of aromatic nitrogens is 5. The van der Waals surface area contributed by atoms with Gasteiger partial charge < -0.3 is 23.9 Å². The number of hydrogen-bond donors (Lipinski definition) is 1. The Bertz CT molecular complexity index is 2940. The van der Waals surface area contributed by atoms with E-state index in [1.54, 1.807) is 12.1 Å². The monoisotopic (exact) mass is 878 g/mol. The minimum Gasteiger partial charge on any atom is -0.504 e. The molecule has 314 valence electrons. The lowest BCUT2D eigenvalue weighted by Crippen LogP contribution is -2.59. The summed E-state index contributed by atoms with van der Waals surface area (Å²) in [5, 5.41) is 11.4. The number of para-hydroxylation sites is 1. The largest absolute Gasteiger partial charge is 0.504 e. The molecule has 2 aliphatic heterocycles. The van der Waals surface area contributed by atoms with Gasteiger partial charge in [-0.05, 0) is 11.6 Å². The summed E-state index contributed by atoms with van der Waals surface area (Å²) in [6, 6.07) is 5.56. The summed E-state index contributed by atoms with van der Waals surface area (Å²) >= 11 is 14.3. The van der Waals surface area contributed by atoms with Gasteiger partial charge in [-0.2, -0.15) is 0 Å². The second-order valence-electron chi connectivity index (χ2n) is 14.1. The van der Waals surface area contributed by atoms with Crippen molar-refractivity contribution in [3.63, 3.8) is 0 Å². The third kappa shape index (κ3) is 5.25. The van der Waals surface area contributed by atoms with Crippen LogP contribution >= 0.6 is 23.2 Å². The van der Waals surface area contributed by atoms with Gasteiger partial charge in [0.1, 0.15) is 11.4 Å². The van der Waals surface area contributed by atoms with Gasteiger partial charge in [-0.15, -0.1) is 23.2 Å². The lowest BCUT2D eigenvalue weighted by atomic mass is 9.64. The number of imide groups is 1. The van der Waals surface area contributed by atoms with Crippen LogP contribution in [0.25, 0.3) is 11.0 Å². The maximum atomic E-state index is 15.3. The molecular formula is C38H29Cl2F5N6O9. The number of aromatic hydroxyl groups is 1. The molecule has 1 saturated carbocycles. The molecule has 0 radical (unpaired) electrons. The second kappa shape index (κ2) is 14.0. The maximum Gasteiger partial charge on any atom is 0.347 e. The number of fused-ring (bicyclic) bond motifs is 5. The number of anilines is 1. The van der Waals surface area contributed by atoms with Gasteiger partial charge in [-0.1, -0.05) is 18.2 Å². The van der Waals surface area contributed by atoms with Crippen LogP contribution in [-0.4, -0.2) is 71.5 Å². The van der Waals surface area contributed by atoms with Crippen LogP contribution in [0.15, 0.2) is 56.4 Å². The zero-order valence-electron chi connectivity index (χ0n) is 31.5. The predicted molar refractivity (Wildman–Crippen MR) is 202 cm³/mol. The zero-order chi connectivity index (χ0) is 43.5. The Labute approximate surface area is 342 Å². The number of rotatable bonds is 8. The number of hydrogen-bond acceptors (Lipinski definition) is 10. The molecule has 0 bridgehead atoms. The lowest BCUT2D eigenvalue weighted by molar-refractivity contribution is -0.122. The molecule has 1 saturated heterocycles. The van der Waals surface area contributed by atoms with Crippen LogP contribution in [0.4, 0.5) is 27.6 Å². The molecule has 3 aliphatic rings. The molecule has 2 fully saturated rings. The number of nitrogens with zero attached hydrogens (tertiary/aromatic N) is 6. The van der Waals surface area contributed by atoms with Crippen molar-refractivity contribution in [1.82, 2.24) is 23.5 Å². The Morgan fingerprint density at radius 3 is 2.10 bits per heavy atom. The molecule has 60 heavy (non-hydrogen) atoms. The Hall–Kier alpha value is -6.15. The number of ether oxygens (including phenoxy) is 3. The molecule has 0 spiro atoms. The Morgan fingerprint density at radius 1 is 0.850 bits per heavy atom. The number of carbonyl (C=O) groups excluding carboxylic acids is 2. The average molecular weight is 880 g/mol. The summed E-state index contributed by atoms with van der Waals surface area (Å²) in [7, 11) is 5.52. The molecule has 3 aromatic carbocycles. The van der Waals surface area contributed by atoms with Crippen LogP contribution in [0.3, 0.4) is 0 Å². The van der Waals surface area contributed by atoms with E-state index >= 15 is 8.78 Å². The van der Waals surface area contributed by atoms with Crippen LogP contribution in [0.2, 0.25) is 0 Å². The first-order valence-corrected chi connectivity index (χ1v) is 18.5. The van der Waals surface area contributed by atoms with Crippen LogP contribution < -0.4 is 36.0 Å². The number of carbonyl (C=O) groups is 2. The van der Waals surface area contributed by atoms with Crippen LogP contribution in [0.1, 0.15) is 29.6 Å². The van der Waals surface area contributed by atoms with Crippen molar-refractivity contribution < 1.29 is 50.9 Å². The van der Waals surface area contributed by atoms with Gasteiger partial charge in [0, 0.05) is 50.0 Å². The molecule has 4 atom stereocenters. The highest BCUT2D eigenvalue weighted by Gasteiger charge is 2.76. The summed E-state index contributed by atoms with van der Waals surface area (Å²) in [6.07, 6.45) is 0.277. The highest BCUT2D eigenvalue weighted by molar-refractivity contribution is 6.58. The van der Waals surface area contributed by atoms with E-state index < -0.39 is 104 Å². The number of benzene rings is 3. The Kier molecular flexibility index (Phi) is 9.46. The van der Waals surface area contributed by atoms with Crippen molar-refractivity contribution in [2.45, 2.75) is 47.6 Å². The summed E-state index contributed by atoms with van der Waals surface area (Å²) < 4.78 is 93.8. The fourth-order valence-electron chi connectivity index (χ4n) is 8.44. The molecule has 4 heterocycles. The van der Waals surface area contributed by atoms with Gasteiger partial charge in [0.25, 0.3) is 17.4 Å². The van der Waals surface area contributed by atoms with E-state index in [1.165, 1.54) is 57.2 Å². The van der Waals surface area contributed by atoms with E-state index in [1.807, 2.05) is 0 Å². The predicted octanol–water partition coefficient (Wildman–Crippen LogP) is 3.93. The summed E-state index contributed by atoms with van der Waals surface area (Å²) in [6.45, 7) is -0.776. The molecule has 5 aromatic rings. The second-order valence-corrected chi connectivity index (χ2v) is 15.4. The van der Waals surface area contributed by atoms with Crippen molar-refractivity contribution in [2.24, 2.45) is 7.05 Å². The number of amides is 2. The molecule has 1 N–H and O–H groups in total. The van der Waals surface area contributed by atoms with E-state index in [0.717, 1.165) is 13.9 Å².